The highest BCUT2D eigenvalue weighted by molar-refractivity contribution is 5.93. The van der Waals surface area contributed by atoms with E-state index >= 15 is 0 Å². The van der Waals surface area contributed by atoms with Crippen molar-refractivity contribution in [1.82, 2.24) is 9.80 Å². The molecule has 2 fully saturated rings. The number of amides is 2. The van der Waals surface area contributed by atoms with Crippen LogP contribution in [-0.4, -0.2) is 107 Å². The summed E-state index contributed by atoms with van der Waals surface area (Å²) in [6, 6.07) is 5.15. The number of methoxy groups -OCH3 is 1. The fourth-order valence-corrected chi connectivity index (χ4v) is 8.67. The predicted octanol–water partition coefficient (Wildman–Crippen LogP) is 9.76. The molecular weight excluding hydrogens is 763 g/mol. The van der Waals surface area contributed by atoms with Gasteiger partial charge >= 0.3 is 24.1 Å². The van der Waals surface area contributed by atoms with E-state index in [-0.39, 0.29) is 59.6 Å². The Hall–Kier alpha value is -4.62. The van der Waals surface area contributed by atoms with Gasteiger partial charge in [-0.25, -0.2) is 28.0 Å². The van der Waals surface area contributed by atoms with Crippen LogP contribution in [0.2, 0.25) is 0 Å². The number of anilines is 2. The smallest absolute Gasteiger partial charge is 0.410 e. The van der Waals surface area contributed by atoms with Crippen LogP contribution in [0.1, 0.15) is 141 Å². The minimum atomic E-state index is -1.14. The van der Waals surface area contributed by atoms with Gasteiger partial charge in [-0.05, 0) is 158 Å². The van der Waals surface area contributed by atoms with E-state index in [2.05, 4.69) is 9.80 Å². The predicted molar refractivity (Wildman–Crippen MR) is 227 cm³/mol. The molecule has 4 atom stereocenters. The van der Waals surface area contributed by atoms with Gasteiger partial charge < -0.3 is 38.9 Å². The molecule has 0 aliphatic carbocycles. The number of ether oxygens (including phenoxy) is 3. The Kier molecular flexibility index (Phi) is 16.2. The topological polar surface area (TPSA) is 129 Å². The maximum absolute atomic E-state index is 14.3. The third kappa shape index (κ3) is 12.2. The Bertz CT molecular complexity index is 1800. The van der Waals surface area contributed by atoms with E-state index in [1.807, 2.05) is 90.0 Å². The fraction of sp³-hybridized carbons (Fsp3) is 0.644. The summed E-state index contributed by atoms with van der Waals surface area (Å²) in [4.78, 5) is 56.7. The lowest BCUT2D eigenvalue weighted by Crippen LogP contribution is -2.56. The lowest BCUT2D eigenvalue weighted by atomic mass is 9.91. The van der Waals surface area contributed by atoms with E-state index in [0.717, 1.165) is 18.9 Å². The number of esters is 1. The Morgan fingerprint density at radius 2 is 0.983 bits per heavy atom. The quantitative estimate of drug-likeness (QED) is 0.203. The lowest BCUT2D eigenvalue weighted by Gasteiger charge is -2.47. The molecular formula is C45H68F2N4O8. The molecule has 2 aromatic carbocycles. The van der Waals surface area contributed by atoms with Crippen LogP contribution in [0.3, 0.4) is 0 Å². The Balaban J connectivity index is 0.000000316. The number of benzene rings is 2. The molecule has 0 unspecified atom stereocenters. The van der Waals surface area contributed by atoms with Crippen molar-refractivity contribution in [2.45, 2.75) is 170 Å². The van der Waals surface area contributed by atoms with Crippen LogP contribution in [0.25, 0.3) is 0 Å². The summed E-state index contributed by atoms with van der Waals surface area (Å²) in [7, 11) is 1.29. The summed E-state index contributed by atoms with van der Waals surface area (Å²) in [5.74, 6) is -2.72. The number of hydrogen-bond acceptors (Lipinski definition) is 9. The zero-order chi connectivity index (χ0) is 44.9. The van der Waals surface area contributed by atoms with E-state index in [1.54, 1.807) is 16.7 Å². The SMILES string of the molecule is CCN(c1cc(F)cc(C(=O)O)c1C)C1C[C@@H](C)N(C(=O)OC(C)(C)C)[C@H](C)C1.CCN(c1cc(F)cc(C(=O)OC)c1C)C1C[C@@H](C)N(C(=O)OC(C)(C)C)[C@H](C)C1. The second-order valence-electron chi connectivity index (χ2n) is 18.0. The first-order chi connectivity index (χ1) is 27.2. The van der Waals surface area contributed by atoms with Gasteiger partial charge in [0.25, 0.3) is 0 Å². The number of carbonyl (C=O) groups is 4. The van der Waals surface area contributed by atoms with E-state index in [4.69, 9.17) is 14.2 Å². The third-order valence-corrected chi connectivity index (χ3v) is 11.1. The molecule has 0 bridgehead atoms. The molecule has 2 aliphatic rings. The second kappa shape index (κ2) is 19.6. The number of piperidine rings is 2. The van der Waals surface area contributed by atoms with Crippen LogP contribution in [-0.2, 0) is 14.2 Å². The summed E-state index contributed by atoms with van der Waals surface area (Å²) in [5.41, 5.74) is 1.63. The molecule has 0 aromatic heterocycles. The van der Waals surface area contributed by atoms with Crippen LogP contribution in [0, 0.1) is 25.5 Å². The first-order valence-electron chi connectivity index (χ1n) is 20.7. The molecule has 330 valence electrons. The van der Waals surface area contributed by atoms with Gasteiger partial charge in [0.2, 0.25) is 0 Å². The first kappa shape index (κ1) is 48.7. The number of carbonyl (C=O) groups excluding carboxylic acids is 3. The maximum atomic E-state index is 14.3. The zero-order valence-electron chi connectivity index (χ0n) is 37.9. The summed E-state index contributed by atoms with van der Waals surface area (Å²) < 4.78 is 44.5. The maximum Gasteiger partial charge on any atom is 0.410 e. The van der Waals surface area contributed by atoms with E-state index in [1.165, 1.54) is 25.3 Å². The van der Waals surface area contributed by atoms with Crippen molar-refractivity contribution in [3.05, 3.63) is 58.2 Å². The summed E-state index contributed by atoms with van der Waals surface area (Å²) in [6.07, 6.45) is 2.20. The summed E-state index contributed by atoms with van der Waals surface area (Å²) in [5, 5.41) is 9.41. The molecule has 59 heavy (non-hydrogen) atoms. The molecule has 0 saturated carbocycles. The highest BCUT2D eigenvalue weighted by atomic mass is 19.1. The summed E-state index contributed by atoms with van der Waals surface area (Å²) in [6.45, 7) is 27.9. The number of aromatic carboxylic acids is 1. The number of carboxylic acids is 1. The molecule has 4 rings (SSSR count). The highest BCUT2D eigenvalue weighted by Crippen LogP contribution is 2.36. The van der Waals surface area contributed by atoms with Gasteiger partial charge in [0.1, 0.15) is 22.8 Å². The Morgan fingerprint density at radius 1 is 0.661 bits per heavy atom. The molecule has 2 aliphatic heterocycles. The van der Waals surface area contributed by atoms with Crippen molar-refractivity contribution in [3.8, 4) is 0 Å². The second-order valence-corrected chi connectivity index (χ2v) is 18.0. The number of hydrogen-bond donors (Lipinski definition) is 1. The largest absolute Gasteiger partial charge is 0.478 e. The van der Waals surface area contributed by atoms with Crippen molar-refractivity contribution in [2.24, 2.45) is 0 Å². The number of halogens is 2. The van der Waals surface area contributed by atoms with Gasteiger partial charge in [0.05, 0.1) is 18.2 Å². The zero-order valence-corrected chi connectivity index (χ0v) is 37.9. The number of nitrogens with zero attached hydrogens (tertiary/aromatic N) is 4. The van der Waals surface area contributed by atoms with Crippen LogP contribution in [0.5, 0.6) is 0 Å². The van der Waals surface area contributed by atoms with Gasteiger partial charge in [0, 0.05) is 60.7 Å². The van der Waals surface area contributed by atoms with E-state index in [9.17, 15) is 33.1 Å². The van der Waals surface area contributed by atoms with Gasteiger partial charge in [-0.3, -0.25) is 0 Å². The number of carboxylic acid groups (broad SMARTS) is 1. The van der Waals surface area contributed by atoms with Crippen molar-refractivity contribution in [1.29, 1.82) is 0 Å². The molecule has 12 nitrogen and oxygen atoms in total. The van der Waals surface area contributed by atoms with Gasteiger partial charge in [-0.2, -0.15) is 0 Å². The van der Waals surface area contributed by atoms with Crippen LogP contribution >= 0.6 is 0 Å². The average Bonchev–Trinajstić information content (AvgIpc) is 3.09. The molecule has 2 amide bonds. The molecule has 0 radical (unpaired) electrons. The normalized spacial score (nSPS) is 22.1. The lowest BCUT2D eigenvalue weighted by molar-refractivity contribution is -0.00367. The van der Waals surface area contributed by atoms with Crippen molar-refractivity contribution in [3.63, 3.8) is 0 Å². The first-order valence-corrected chi connectivity index (χ1v) is 20.7. The standard InChI is InChI=1S/C23H35FN2O4.C22H33FN2O4/c1-9-25(20-13-17(24)12-19(16(20)4)21(27)29-8)18-10-14(2)26(15(3)11-18)22(28)30-23(5,6)7;1-8-24(19-12-16(23)11-18(15(19)4)20(26)27)17-9-13(2)25(14(3)10-17)21(28)29-22(5,6)7/h12-15,18H,9-11H2,1-8H3;11-14,17H,8-10H2,1-7H3,(H,26,27)/t14-,15-;13-,14-/m11/s1. The van der Waals surface area contributed by atoms with Crippen molar-refractivity contribution in [2.75, 3.05) is 30.0 Å². The third-order valence-electron chi connectivity index (χ3n) is 11.1. The minimum Gasteiger partial charge on any atom is -0.478 e. The average molecular weight is 831 g/mol. The van der Waals surface area contributed by atoms with Crippen LogP contribution in [0.4, 0.5) is 29.7 Å². The summed E-state index contributed by atoms with van der Waals surface area (Å²) >= 11 is 0. The van der Waals surface area contributed by atoms with Crippen LogP contribution in [0.15, 0.2) is 24.3 Å². The molecule has 2 aromatic rings. The molecule has 0 spiro atoms. The van der Waals surface area contributed by atoms with E-state index < -0.39 is 34.8 Å². The van der Waals surface area contributed by atoms with Gasteiger partial charge in [-0.15, -0.1) is 0 Å². The van der Waals surface area contributed by atoms with Gasteiger partial charge in [0.15, 0.2) is 0 Å². The van der Waals surface area contributed by atoms with Crippen molar-refractivity contribution < 1.29 is 47.3 Å². The molecule has 2 saturated heterocycles. The van der Waals surface area contributed by atoms with Gasteiger partial charge in [-0.1, -0.05) is 0 Å². The number of likely N-dealkylation sites (tertiary alicyclic amines) is 2. The molecule has 2 heterocycles. The van der Waals surface area contributed by atoms with E-state index in [0.29, 0.717) is 48.4 Å². The minimum absolute atomic E-state index is 0.0225. The Morgan fingerprint density at radius 3 is 1.27 bits per heavy atom. The fourth-order valence-electron chi connectivity index (χ4n) is 8.67. The Labute approximate surface area is 350 Å². The highest BCUT2D eigenvalue weighted by Gasteiger charge is 2.40. The molecule has 1 N–H and O–H groups in total. The van der Waals surface area contributed by atoms with Crippen LogP contribution < -0.4 is 9.80 Å². The number of rotatable bonds is 8. The molecule has 14 heteroatoms. The monoisotopic (exact) mass is 831 g/mol. The van der Waals surface area contributed by atoms with Crippen molar-refractivity contribution >= 4 is 35.5 Å².